The number of ether oxygens (including phenoxy) is 1. The predicted octanol–water partition coefficient (Wildman–Crippen LogP) is 1.79. The van der Waals surface area contributed by atoms with Gasteiger partial charge in [0.15, 0.2) is 0 Å². The Morgan fingerprint density at radius 1 is 1.26 bits per heavy atom. The van der Waals surface area contributed by atoms with E-state index >= 15 is 0 Å². The van der Waals surface area contributed by atoms with Crippen LogP contribution in [-0.4, -0.2) is 59.7 Å². The number of aliphatic hydroxyl groups is 1. The Labute approximate surface area is 134 Å². The maximum absolute atomic E-state index is 13.9. The third-order valence-corrected chi connectivity index (χ3v) is 3.80. The van der Waals surface area contributed by atoms with Crippen LogP contribution in [0.4, 0.5) is 9.18 Å². The van der Waals surface area contributed by atoms with Gasteiger partial charge < -0.3 is 19.6 Å². The largest absolute Gasteiger partial charge is 0.450 e. The van der Waals surface area contributed by atoms with E-state index in [-0.39, 0.29) is 5.56 Å². The summed E-state index contributed by atoms with van der Waals surface area (Å²) in [5, 5.41) is 9.57. The van der Waals surface area contributed by atoms with Crippen molar-refractivity contribution in [3.63, 3.8) is 0 Å². The SMILES string of the molecule is CCOC(=O)N1CCN(C(=O)c2cc(C(C)O)ccc2F)CC1. The second-order valence-electron chi connectivity index (χ2n) is 5.39. The first kappa shape index (κ1) is 17.2. The van der Waals surface area contributed by atoms with Crippen LogP contribution in [0.3, 0.4) is 0 Å². The van der Waals surface area contributed by atoms with Crippen LogP contribution in [0.2, 0.25) is 0 Å². The second kappa shape index (κ2) is 7.41. The zero-order valence-corrected chi connectivity index (χ0v) is 13.3. The molecule has 1 aromatic rings. The molecule has 1 atom stereocenters. The number of nitrogens with zero attached hydrogens (tertiary/aromatic N) is 2. The summed E-state index contributed by atoms with van der Waals surface area (Å²) in [4.78, 5) is 27.1. The molecule has 0 aromatic heterocycles. The van der Waals surface area contributed by atoms with Gasteiger partial charge in [0.2, 0.25) is 0 Å². The zero-order chi connectivity index (χ0) is 17.0. The molecule has 1 aromatic carbocycles. The number of piperazine rings is 1. The number of carbonyl (C=O) groups is 2. The van der Waals surface area contributed by atoms with E-state index in [1.807, 2.05) is 0 Å². The van der Waals surface area contributed by atoms with E-state index < -0.39 is 23.9 Å². The lowest BCUT2D eigenvalue weighted by atomic mass is 10.1. The summed E-state index contributed by atoms with van der Waals surface area (Å²) in [6, 6.07) is 4.01. The summed E-state index contributed by atoms with van der Waals surface area (Å²) < 4.78 is 18.8. The molecule has 0 bridgehead atoms. The molecule has 126 valence electrons. The van der Waals surface area contributed by atoms with Crippen LogP contribution in [-0.2, 0) is 4.74 Å². The minimum absolute atomic E-state index is 0.0621. The molecule has 0 radical (unpaired) electrons. The van der Waals surface area contributed by atoms with E-state index in [4.69, 9.17) is 4.74 Å². The monoisotopic (exact) mass is 324 g/mol. The Kier molecular flexibility index (Phi) is 5.54. The Bertz CT molecular complexity index is 583. The van der Waals surface area contributed by atoms with Crippen molar-refractivity contribution in [2.24, 2.45) is 0 Å². The van der Waals surface area contributed by atoms with E-state index in [1.165, 1.54) is 28.0 Å². The van der Waals surface area contributed by atoms with Crippen molar-refractivity contribution in [1.82, 2.24) is 9.80 Å². The quantitative estimate of drug-likeness (QED) is 0.920. The summed E-state index contributed by atoms with van der Waals surface area (Å²) in [5.74, 6) is -1.05. The molecule has 2 rings (SSSR count). The van der Waals surface area contributed by atoms with Crippen molar-refractivity contribution < 1.29 is 23.8 Å². The fourth-order valence-electron chi connectivity index (χ4n) is 2.44. The highest BCUT2D eigenvalue weighted by Crippen LogP contribution is 2.19. The van der Waals surface area contributed by atoms with Crippen LogP contribution in [0, 0.1) is 5.82 Å². The van der Waals surface area contributed by atoms with Crippen molar-refractivity contribution in [3.8, 4) is 0 Å². The number of hydrogen-bond donors (Lipinski definition) is 1. The number of amides is 2. The van der Waals surface area contributed by atoms with E-state index in [0.29, 0.717) is 38.3 Å². The molecule has 1 saturated heterocycles. The summed E-state index contributed by atoms with van der Waals surface area (Å²) in [5.41, 5.74) is 0.424. The van der Waals surface area contributed by atoms with Crippen molar-refractivity contribution in [2.45, 2.75) is 20.0 Å². The average molecular weight is 324 g/mol. The highest BCUT2D eigenvalue weighted by atomic mass is 19.1. The second-order valence-corrected chi connectivity index (χ2v) is 5.39. The molecule has 7 heteroatoms. The maximum Gasteiger partial charge on any atom is 0.409 e. The molecular formula is C16H21FN2O4. The maximum atomic E-state index is 13.9. The minimum atomic E-state index is -0.775. The van der Waals surface area contributed by atoms with Gasteiger partial charge in [0.25, 0.3) is 5.91 Å². The molecule has 0 spiro atoms. The fraction of sp³-hybridized carbons (Fsp3) is 0.500. The lowest BCUT2D eigenvalue weighted by Crippen LogP contribution is -2.50. The van der Waals surface area contributed by atoms with Gasteiger partial charge in [0, 0.05) is 26.2 Å². The molecule has 1 N–H and O–H groups in total. The molecule has 0 aliphatic carbocycles. The molecule has 1 heterocycles. The third kappa shape index (κ3) is 3.98. The molecule has 23 heavy (non-hydrogen) atoms. The van der Waals surface area contributed by atoms with Crippen LogP contribution >= 0.6 is 0 Å². The van der Waals surface area contributed by atoms with E-state index in [9.17, 15) is 19.1 Å². The number of benzene rings is 1. The molecule has 1 fully saturated rings. The highest BCUT2D eigenvalue weighted by molar-refractivity contribution is 5.94. The number of hydrogen-bond acceptors (Lipinski definition) is 4. The Morgan fingerprint density at radius 3 is 2.43 bits per heavy atom. The van der Waals surface area contributed by atoms with Crippen LogP contribution < -0.4 is 0 Å². The normalized spacial score (nSPS) is 16.2. The lowest BCUT2D eigenvalue weighted by Gasteiger charge is -2.34. The first-order valence-corrected chi connectivity index (χ1v) is 7.62. The Balaban J connectivity index is 2.05. The average Bonchev–Trinajstić information content (AvgIpc) is 2.55. The van der Waals surface area contributed by atoms with Crippen molar-refractivity contribution in [2.75, 3.05) is 32.8 Å². The molecule has 1 unspecified atom stereocenters. The van der Waals surface area contributed by atoms with Gasteiger partial charge in [0.1, 0.15) is 5.82 Å². The van der Waals surface area contributed by atoms with E-state index in [1.54, 1.807) is 13.8 Å². The Hall–Kier alpha value is -2.15. The van der Waals surface area contributed by atoms with Gasteiger partial charge in [-0.3, -0.25) is 4.79 Å². The number of halogens is 1. The number of aliphatic hydroxyl groups excluding tert-OH is 1. The smallest absolute Gasteiger partial charge is 0.409 e. The van der Waals surface area contributed by atoms with Crippen LogP contribution in [0.5, 0.6) is 0 Å². The summed E-state index contributed by atoms with van der Waals surface area (Å²) in [6.07, 6.45) is -1.18. The van der Waals surface area contributed by atoms with Crippen molar-refractivity contribution >= 4 is 12.0 Å². The molecule has 1 aliphatic rings. The number of carbonyl (C=O) groups excluding carboxylic acids is 2. The Morgan fingerprint density at radius 2 is 1.87 bits per heavy atom. The van der Waals surface area contributed by atoms with Gasteiger partial charge in [0.05, 0.1) is 18.3 Å². The standard InChI is InChI=1S/C16H21FN2O4/c1-3-23-16(22)19-8-6-18(7-9-19)15(21)13-10-12(11(2)20)4-5-14(13)17/h4-5,10-11,20H,3,6-9H2,1-2H3. The summed E-state index contributed by atoms with van der Waals surface area (Å²) >= 11 is 0. The van der Waals surface area contributed by atoms with E-state index in [2.05, 4.69) is 0 Å². The van der Waals surface area contributed by atoms with Gasteiger partial charge in [-0.05, 0) is 31.5 Å². The predicted molar refractivity (Wildman–Crippen MR) is 81.5 cm³/mol. The zero-order valence-electron chi connectivity index (χ0n) is 13.3. The van der Waals surface area contributed by atoms with Gasteiger partial charge in [-0.1, -0.05) is 6.07 Å². The first-order chi connectivity index (χ1) is 10.9. The molecule has 6 nitrogen and oxygen atoms in total. The van der Waals surface area contributed by atoms with Crippen molar-refractivity contribution in [1.29, 1.82) is 0 Å². The molecule has 2 amide bonds. The van der Waals surface area contributed by atoms with Crippen LogP contribution in [0.1, 0.15) is 35.9 Å². The van der Waals surface area contributed by atoms with Crippen LogP contribution in [0.15, 0.2) is 18.2 Å². The first-order valence-electron chi connectivity index (χ1n) is 7.62. The van der Waals surface area contributed by atoms with Gasteiger partial charge in [-0.2, -0.15) is 0 Å². The molecule has 1 aliphatic heterocycles. The minimum Gasteiger partial charge on any atom is -0.450 e. The highest BCUT2D eigenvalue weighted by Gasteiger charge is 2.27. The van der Waals surface area contributed by atoms with Crippen molar-refractivity contribution in [3.05, 3.63) is 35.1 Å². The summed E-state index contributed by atoms with van der Waals surface area (Å²) in [7, 11) is 0. The van der Waals surface area contributed by atoms with Gasteiger partial charge >= 0.3 is 6.09 Å². The van der Waals surface area contributed by atoms with Gasteiger partial charge in [-0.15, -0.1) is 0 Å². The van der Waals surface area contributed by atoms with Gasteiger partial charge in [-0.25, -0.2) is 9.18 Å². The molecule has 0 saturated carbocycles. The fourth-order valence-corrected chi connectivity index (χ4v) is 2.44. The third-order valence-electron chi connectivity index (χ3n) is 3.80. The van der Waals surface area contributed by atoms with E-state index in [0.717, 1.165) is 0 Å². The summed E-state index contributed by atoms with van der Waals surface area (Å²) in [6.45, 7) is 4.92. The molecular weight excluding hydrogens is 303 g/mol. The topological polar surface area (TPSA) is 70.1 Å². The lowest BCUT2D eigenvalue weighted by molar-refractivity contribution is 0.0566. The number of rotatable bonds is 3. The van der Waals surface area contributed by atoms with Crippen LogP contribution in [0.25, 0.3) is 0 Å².